The summed E-state index contributed by atoms with van der Waals surface area (Å²) in [5.74, 6) is 0. The van der Waals surface area contributed by atoms with Gasteiger partial charge in [-0.15, -0.1) is 11.4 Å². The van der Waals surface area contributed by atoms with Crippen molar-refractivity contribution in [3.05, 3.63) is 47.9 Å². The van der Waals surface area contributed by atoms with Gasteiger partial charge in [-0.3, -0.25) is 0 Å². The third-order valence-corrected chi connectivity index (χ3v) is 3.73. The summed E-state index contributed by atoms with van der Waals surface area (Å²) in [7, 11) is 0.921. The SMILES string of the molecule is C=CSPC/C=C1/C=CC=CC1. The first-order chi connectivity index (χ1) is 5.93. The molecule has 0 bridgehead atoms. The second-order valence-corrected chi connectivity index (χ2v) is 5.24. The smallest absolute Gasteiger partial charge is 0.00705 e. The van der Waals surface area contributed by atoms with E-state index < -0.39 is 0 Å². The fourth-order valence-corrected chi connectivity index (χ4v) is 2.41. The average Bonchev–Trinajstić information content (AvgIpc) is 2.14. The highest BCUT2D eigenvalue weighted by molar-refractivity contribution is 8.51. The van der Waals surface area contributed by atoms with Crippen LogP contribution in [0.4, 0.5) is 0 Å². The topological polar surface area (TPSA) is 0 Å². The van der Waals surface area contributed by atoms with Crippen molar-refractivity contribution in [3.63, 3.8) is 0 Å². The first kappa shape index (κ1) is 9.83. The van der Waals surface area contributed by atoms with Gasteiger partial charge in [0.2, 0.25) is 0 Å². The molecule has 1 rings (SSSR count). The molecule has 0 nitrogen and oxygen atoms in total. The standard InChI is InChI=1S/C10H13PS/c1-2-12-11-9-8-10-6-4-3-5-7-10/h2-6,8,11H,1,7,9H2/b10-8-. The van der Waals surface area contributed by atoms with E-state index in [9.17, 15) is 0 Å². The molecule has 0 aliphatic heterocycles. The zero-order chi connectivity index (χ0) is 8.65. The fraction of sp³-hybridized carbons (Fsp3) is 0.200. The molecule has 0 aromatic heterocycles. The molecule has 0 aromatic carbocycles. The molecule has 1 atom stereocenters. The Kier molecular flexibility index (Phi) is 5.14. The van der Waals surface area contributed by atoms with E-state index in [1.165, 1.54) is 11.7 Å². The van der Waals surface area contributed by atoms with Crippen molar-refractivity contribution in [2.45, 2.75) is 6.42 Å². The van der Waals surface area contributed by atoms with Crippen molar-refractivity contribution in [2.24, 2.45) is 0 Å². The van der Waals surface area contributed by atoms with E-state index in [-0.39, 0.29) is 0 Å². The molecule has 1 aliphatic carbocycles. The summed E-state index contributed by atoms with van der Waals surface area (Å²) in [6.45, 7) is 3.67. The minimum atomic E-state index is 0.921. The predicted molar refractivity (Wildman–Crippen MR) is 62.0 cm³/mol. The van der Waals surface area contributed by atoms with E-state index in [1.54, 1.807) is 11.4 Å². The third-order valence-electron chi connectivity index (χ3n) is 1.53. The number of rotatable bonds is 4. The van der Waals surface area contributed by atoms with E-state index in [4.69, 9.17) is 0 Å². The van der Waals surface area contributed by atoms with Gasteiger partial charge >= 0.3 is 0 Å². The summed E-state index contributed by atoms with van der Waals surface area (Å²) in [6.07, 6.45) is 13.1. The maximum Gasteiger partial charge on any atom is -0.00705 e. The lowest BCUT2D eigenvalue weighted by atomic mass is 10.1. The molecule has 1 aliphatic rings. The first-order valence-electron chi connectivity index (χ1n) is 3.95. The summed E-state index contributed by atoms with van der Waals surface area (Å²) in [5.41, 5.74) is 1.44. The monoisotopic (exact) mass is 196 g/mol. The molecular weight excluding hydrogens is 183 g/mol. The van der Waals surface area contributed by atoms with Gasteiger partial charge in [0.05, 0.1) is 0 Å². The van der Waals surface area contributed by atoms with E-state index in [2.05, 4.69) is 37.0 Å². The molecule has 64 valence electrons. The van der Waals surface area contributed by atoms with Crippen LogP contribution in [-0.4, -0.2) is 6.16 Å². The van der Waals surface area contributed by atoms with Crippen LogP contribution in [0.2, 0.25) is 0 Å². The zero-order valence-corrected chi connectivity index (χ0v) is 8.81. The van der Waals surface area contributed by atoms with Gasteiger partial charge in [0, 0.05) is 0 Å². The Balaban J connectivity index is 2.23. The maximum atomic E-state index is 3.67. The largest absolute Gasteiger partial charge is 0.110 e. The van der Waals surface area contributed by atoms with Crippen LogP contribution in [-0.2, 0) is 0 Å². The van der Waals surface area contributed by atoms with E-state index >= 15 is 0 Å². The van der Waals surface area contributed by atoms with Crippen LogP contribution in [0.15, 0.2) is 47.9 Å². The van der Waals surface area contributed by atoms with Gasteiger partial charge in [-0.05, 0) is 23.6 Å². The van der Waals surface area contributed by atoms with Crippen LogP contribution in [0.5, 0.6) is 0 Å². The Morgan fingerprint density at radius 2 is 2.50 bits per heavy atom. The molecule has 0 N–H and O–H groups in total. The van der Waals surface area contributed by atoms with Gasteiger partial charge in [-0.2, -0.15) is 0 Å². The molecule has 0 aromatic rings. The molecule has 0 saturated heterocycles. The predicted octanol–water partition coefficient (Wildman–Crippen LogP) is 3.90. The Morgan fingerprint density at radius 3 is 3.17 bits per heavy atom. The lowest BCUT2D eigenvalue weighted by Crippen LogP contribution is -1.80. The number of allylic oxidation sites excluding steroid dienone is 6. The van der Waals surface area contributed by atoms with Crippen LogP contribution < -0.4 is 0 Å². The normalized spacial score (nSPS) is 19.5. The summed E-state index contributed by atoms with van der Waals surface area (Å²) in [4.78, 5) is 0. The molecule has 0 spiro atoms. The van der Waals surface area contributed by atoms with E-state index in [1.807, 2.05) is 5.41 Å². The van der Waals surface area contributed by atoms with Crippen molar-refractivity contribution >= 4 is 19.2 Å². The minimum Gasteiger partial charge on any atom is -0.110 e. The lowest BCUT2D eigenvalue weighted by Gasteiger charge is -2.00. The molecule has 0 amide bonds. The van der Waals surface area contributed by atoms with Crippen molar-refractivity contribution < 1.29 is 0 Å². The zero-order valence-electron chi connectivity index (χ0n) is 6.99. The summed E-state index contributed by atoms with van der Waals surface area (Å²) >= 11 is 1.80. The van der Waals surface area contributed by atoms with E-state index in [0.717, 1.165) is 14.2 Å². The van der Waals surface area contributed by atoms with Crippen molar-refractivity contribution in [1.29, 1.82) is 0 Å². The number of hydrogen-bond acceptors (Lipinski definition) is 1. The van der Waals surface area contributed by atoms with Crippen molar-refractivity contribution in [2.75, 3.05) is 6.16 Å². The van der Waals surface area contributed by atoms with Gasteiger partial charge in [0.1, 0.15) is 0 Å². The van der Waals surface area contributed by atoms with E-state index in [0.29, 0.717) is 0 Å². The highest BCUT2D eigenvalue weighted by atomic mass is 32.7. The second kappa shape index (κ2) is 6.28. The molecular formula is C10H13PS. The van der Waals surface area contributed by atoms with Gasteiger partial charge in [-0.25, -0.2) is 0 Å². The Bertz CT molecular complexity index is 226. The quantitative estimate of drug-likeness (QED) is 0.485. The molecule has 0 saturated carbocycles. The molecule has 2 heteroatoms. The van der Waals surface area contributed by atoms with Gasteiger partial charge in [0.15, 0.2) is 0 Å². The van der Waals surface area contributed by atoms with Gasteiger partial charge in [-0.1, -0.05) is 44.7 Å². The Morgan fingerprint density at radius 1 is 1.58 bits per heavy atom. The third kappa shape index (κ3) is 3.94. The first-order valence-corrected chi connectivity index (χ1v) is 6.76. The summed E-state index contributed by atoms with van der Waals surface area (Å²) in [6, 6.07) is 0. The van der Waals surface area contributed by atoms with Crippen LogP contribution >= 0.6 is 19.2 Å². The highest BCUT2D eigenvalue weighted by Gasteiger charge is 1.91. The fourth-order valence-electron chi connectivity index (χ4n) is 0.961. The van der Waals surface area contributed by atoms with Gasteiger partial charge < -0.3 is 0 Å². The molecule has 0 heterocycles. The van der Waals surface area contributed by atoms with Crippen molar-refractivity contribution in [1.82, 2.24) is 0 Å². The number of hydrogen-bond donors (Lipinski definition) is 0. The lowest BCUT2D eigenvalue weighted by molar-refractivity contribution is 1.25. The maximum absolute atomic E-state index is 3.67. The van der Waals surface area contributed by atoms with Gasteiger partial charge in [0.25, 0.3) is 0 Å². The average molecular weight is 196 g/mol. The van der Waals surface area contributed by atoms with Crippen LogP contribution in [0.1, 0.15) is 6.42 Å². The summed E-state index contributed by atoms with van der Waals surface area (Å²) in [5, 5.41) is 1.91. The second-order valence-electron chi connectivity index (χ2n) is 2.40. The van der Waals surface area contributed by atoms with Crippen LogP contribution in [0.25, 0.3) is 0 Å². The Labute approximate surface area is 80.0 Å². The van der Waals surface area contributed by atoms with Crippen molar-refractivity contribution in [3.8, 4) is 0 Å². The minimum absolute atomic E-state index is 0.921. The highest BCUT2D eigenvalue weighted by Crippen LogP contribution is 2.30. The molecule has 0 fully saturated rings. The van der Waals surface area contributed by atoms with Crippen LogP contribution in [0.3, 0.4) is 0 Å². The molecule has 12 heavy (non-hydrogen) atoms. The Hall–Kier alpha value is -0.260. The molecule has 0 radical (unpaired) electrons. The molecule has 1 unspecified atom stereocenters. The van der Waals surface area contributed by atoms with Crippen LogP contribution in [0, 0.1) is 0 Å². The summed E-state index contributed by atoms with van der Waals surface area (Å²) < 4.78 is 0.